The van der Waals surface area contributed by atoms with E-state index in [2.05, 4.69) is 4.98 Å². The lowest BCUT2D eigenvalue weighted by Gasteiger charge is -2.29. The Morgan fingerprint density at radius 3 is 2.54 bits per heavy atom. The van der Waals surface area contributed by atoms with Crippen LogP contribution in [0.4, 0.5) is 13.2 Å². The Morgan fingerprint density at radius 2 is 1.96 bits per heavy atom. The second kappa shape index (κ2) is 5.78. The number of halogens is 4. The number of nitrogens with zero attached hydrogens (tertiary/aromatic N) is 1. The van der Waals surface area contributed by atoms with Gasteiger partial charge in [0.1, 0.15) is 15.6 Å². The topological polar surface area (TPSA) is 70.4 Å². The lowest BCUT2D eigenvalue weighted by atomic mass is 9.93. The molecular weight excluding hydrogens is 438 g/mol. The number of aliphatic hydroxyl groups is 2. The van der Waals surface area contributed by atoms with Crippen LogP contribution in [0.2, 0.25) is 0 Å². The van der Waals surface area contributed by atoms with Gasteiger partial charge in [0.15, 0.2) is 5.78 Å². The van der Waals surface area contributed by atoms with Gasteiger partial charge in [0.2, 0.25) is 0 Å². The summed E-state index contributed by atoms with van der Waals surface area (Å²) in [6, 6.07) is 7.28. The second-order valence-electron chi connectivity index (χ2n) is 5.46. The number of ketones is 1. The average Bonchev–Trinajstić information content (AvgIpc) is 2.76. The Kier molecular flexibility index (Phi) is 4.17. The summed E-state index contributed by atoms with van der Waals surface area (Å²) < 4.78 is 36.9. The highest BCUT2D eigenvalue weighted by Crippen LogP contribution is 2.52. The van der Waals surface area contributed by atoms with E-state index in [9.17, 15) is 28.2 Å². The molecule has 3 atom stereocenters. The number of rotatable bonds is 2. The Labute approximate surface area is 148 Å². The first-order valence-corrected chi connectivity index (χ1v) is 7.97. The molecule has 1 aliphatic rings. The molecule has 1 heterocycles. The highest BCUT2D eigenvalue weighted by atomic mass is 127. The van der Waals surface area contributed by atoms with E-state index < -0.39 is 33.2 Å². The summed E-state index contributed by atoms with van der Waals surface area (Å²) >= 11 is 1.60. The highest BCUT2D eigenvalue weighted by Gasteiger charge is 2.57. The molecule has 3 rings (SSSR count). The largest absolute Gasteiger partial charge is 0.416 e. The number of pyridine rings is 1. The first-order valence-electron chi connectivity index (χ1n) is 6.89. The molecule has 3 unspecified atom stereocenters. The molecule has 0 saturated carbocycles. The van der Waals surface area contributed by atoms with E-state index in [0.717, 1.165) is 18.2 Å². The van der Waals surface area contributed by atoms with Gasteiger partial charge < -0.3 is 10.2 Å². The van der Waals surface area contributed by atoms with Crippen molar-refractivity contribution in [1.29, 1.82) is 0 Å². The molecule has 2 N–H and O–H groups in total. The molecule has 24 heavy (non-hydrogen) atoms. The third-order valence-corrected chi connectivity index (χ3v) is 5.70. The number of fused-ring (bicyclic) bond motifs is 1. The summed E-state index contributed by atoms with van der Waals surface area (Å²) in [5.41, 5.74) is -0.969. The summed E-state index contributed by atoms with van der Waals surface area (Å²) in [5, 5.41) is 21.1. The summed E-state index contributed by atoms with van der Waals surface area (Å²) in [7, 11) is 0. The maximum absolute atomic E-state index is 12.9. The summed E-state index contributed by atoms with van der Waals surface area (Å²) in [6.45, 7) is 0. The molecule has 0 aliphatic heterocycles. The van der Waals surface area contributed by atoms with Crippen molar-refractivity contribution in [2.75, 3.05) is 0 Å². The number of carbonyl (C=O) groups excluding carboxylic acids is 1. The molecule has 0 spiro atoms. The zero-order valence-electron chi connectivity index (χ0n) is 12.0. The summed E-state index contributed by atoms with van der Waals surface area (Å²) in [6.07, 6.45) is -6.23. The molecule has 0 bridgehead atoms. The van der Waals surface area contributed by atoms with E-state index in [0.29, 0.717) is 0 Å². The van der Waals surface area contributed by atoms with Crippen molar-refractivity contribution >= 4 is 28.4 Å². The number of aliphatic hydroxyl groups excluding tert-OH is 2. The minimum absolute atomic E-state index is 0.0279. The van der Waals surface area contributed by atoms with Crippen molar-refractivity contribution in [3.8, 4) is 0 Å². The third-order valence-electron chi connectivity index (χ3n) is 4.03. The van der Waals surface area contributed by atoms with E-state index in [1.807, 2.05) is 0 Å². The number of carbonyl (C=O) groups is 1. The molecule has 1 aromatic heterocycles. The minimum Gasteiger partial charge on any atom is -0.386 e. The van der Waals surface area contributed by atoms with Gasteiger partial charge >= 0.3 is 6.18 Å². The van der Waals surface area contributed by atoms with Gasteiger partial charge in [-0.15, -0.1) is 0 Å². The van der Waals surface area contributed by atoms with Gasteiger partial charge in [0.25, 0.3) is 0 Å². The predicted octanol–water partition coefficient (Wildman–Crippen LogP) is 3.24. The number of benzene rings is 1. The van der Waals surface area contributed by atoms with E-state index in [-0.39, 0.29) is 16.8 Å². The van der Waals surface area contributed by atoms with E-state index in [1.165, 1.54) is 12.3 Å². The number of Topliss-reactive ketones (excluding diaryl/α,β-unsaturated/α-hetero) is 1. The van der Waals surface area contributed by atoms with Gasteiger partial charge in [0.05, 0.1) is 11.3 Å². The molecule has 0 amide bonds. The molecule has 0 radical (unpaired) electrons. The molecule has 2 aromatic rings. The van der Waals surface area contributed by atoms with Crippen LogP contribution in [0.1, 0.15) is 39.4 Å². The average molecular weight is 449 g/mol. The molecule has 126 valence electrons. The minimum atomic E-state index is -4.59. The second-order valence-corrected chi connectivity index (χ2v) is 7.24. The van der Waals surface area contributed by atoms with E-state index >= 15 is 0 Å². The predicted molar refractivity (Wildman–Crippen MR) is 86.7 cm³/mol. The monoisotopic (exact) mass is 449 g/mol. The van der Waals surface area contributed by atoms with Crippen LogP contribution < -0.4 is 0 Å². The van der Waals surface area contributed by atoms with Gasteiger partial charge in [-0.1, -0.05) is 34.7 Å². The summed E-state index contributed by atoms with van der Waals surface area (Å²) in [5.74, 6) is -0.627. The lowest BCUT2D eigenvalue weighted by Crippen LogP contribution is -2.39. The van der Waals surface area contributed by atoms with Crippen molar-refractivity contribution < 1.29 is 28.2 Å². The molecule has 8 heteroatoms. The van der Waals surface area contributed by atoms with Gasteiger partial charge in [-0.05, 0) is 29.8 Å². The Morgan fingerprint density at radius 1 is 1.25 bits per heavy atom. The van der Waals surface area contributed by atoms with Crippen LogP contribution in [-0.2, 0) is 6.18 Å². The fourth-order valence-corrected chi connectivity index (χ4v) is 3.70. The van der Waals surface area contributed by atoms with Gasteiger partial charge in [-0.25, -0.2) is 0 Å². The molecule has 4 nitrogen and oxygen atoms in total. The van der Waals surface area contributed by atoms with Crippen LogP contribution in [0.3, 0.4) is 0 Å². The molecule has 0 saturated heterocycles. The summed E-state index contributed by atoms with van der Waals surface area (Å²) in [4.78, 5) is 16.6. The van der Waals surface area contributed by atoms with Gasteiger partial charge in [-0.3, -0.25) is 9.78 Å². The first-order chi connectivity index (χ1) is 11.2. The number of hydrogen-bond donors (Lipinski definition) is 2. The van der Waals surface area contributed by atoms with Crippen LogP contribution in [0.25, 0.3) is 0 Å². The maximum atomic E-state index is 12.9. The zero-order chi connectivity index (χ0) is 17.7. The molecular formula is C16H11F3INO3. The molecule has 1 aromatic carbocycles. The van der Waals surface area contributed by atoms with Crippen LogP contribution >= 0.6 is 22.6 Å². The number of hydrogen-bond acceptors (Lipinski definition) is 4. The first kappa shape index (κ1) is 17.3. The van der Waals surface area contributed by atoms with Crippen LogP contribution in [0.5, 0.6) is 0 Å². The van der Waals surface area contributed by atoms with Crippen molar-refractivity contribution in [1.82, 2.24) is 4.98 Å². The maximum Gasteiger partial charge on any atom is 0.416 e. The van der Waals surface area contributed by atoms with Crippen LogP contribution in [0, 0.1) is 0 Å². The van der Waals surface area contributed by atoms with Crippen molar-refractivity contribution in [3.05, 3.63) is 65.0 Å². The third kappa shape index (κ3) is 2.52. The lowest BCUT2D eigenvalue weighted by molar-refractivity contribution is -0.137. The quantitative estimate of drug-likeness (QED) is 0.546. The Balaban J connectivity index is 2.08. The fourth-order valence-electron chi connectivity index (χ4n) is 2.76. The van der Waals surface area contributed by atoms with Crippen LogP contribution in [-0.4, -0.2) is 24.4 Å². The SMILES string of the molecule is O=C1c2ccc(C(F)(F)F)cc2C(O)C1(I)C(O)c1ccccn1. The van der Waals surface area contributed by atoms with Gasteiger partial charge in [0, 0.05) is 11.8 Å². The normalized spacial score (nSPS) is 24.8. The van der Waals surface area contributed by atoms with Crippen molar-refractivity contribution in [3.63, 3.8) is 0 Å². The number of aromatic nitrogens is 1. The molecule has 1 aliphatic carbocycles. The fraction of sp³-hybridized carbons (Fsp3) is 0.250. The van der Waals surface area contributed by atoms with Crippen LogP contribution in [0.15, 0.2) is 42.6 Å². The van der Waals surface area contributed by atoms with E-state index in [1.54, 1.807) is 34.7 Å². The molecule has 0 fully saturated rings. The standard InChI is InChI=1S/C16H11F3INO3/c17-16(18,19)8-4-5-9-10(7-8)13(23)15(20,12(9)22)14(24)11-3-1-2-6-21-11/h1-7,13-14,23-24H. The van der Waals surface area contributed by atoms with E-state index in [4.69, 9.17) is 0 Å². The smallest absolute Gasteiger partial charge is 0.386 e. The highest BCUT2D eigenvalue weighted by molar-refractivity contribution is 14.1. The van der Waals surface area contributed by atoms with Gasteiger partial charge in [-0.2, -0.15) is 13.2 Å². The van der Waals surface area contributed by atoms with Crippen molar-refractivity contribution in [2.24, 2.45) is 0 Å². The Bertz CT molecular complexity index is 797. The Hall–Kier alpha value is -1.52. The zero-order valence-corrected chi connectivity index (χ0v) is 14.1. The van der Waals surface area contributed by atoms with Crippen molar-refractivity contribution in [2.45, 2.75) is 21.8 Å². The number of alkyl halides is 4.